The van der Waals surface area contributed by atoms with E-state index < -0.39 is 10.0 Å². The van der Waals surface area contributed by atoms with Gasteiger partial charge in [-0.1, -0.05) is 6.07 Å². The van der Waals surface area contributed by atoms with E-state index in [0.29, 0.717) is 50.3 Å². The zero-order valence-electron chi connectivity index (χ0n) is 15.3. The molecule has 0 spiro atoms. The SMILES string of the molecule is COc1ccc(S(=O)(=O)N2CCN(Cc3nnc(-c4cccs4)o3)CC2)cc1. The van der Waals surface area contributed by atoms with Gasteiger partial charge in [0.1, 0.15) is 5.75 Å². The molecule has 3 aromatic rings. The van der Waals surface area contributed by atoms with Crippen molar-refractivity contribution in [2.45, 2.75) is 11.4 Å². The molecule has 0 N–H and O–H groups in total. The number of hydrogen-bond acceptors (Lipinski definition) is 8. The fourth-order valence-corrected chi connectivity index (χ4v) is 5.10. The summed E-state index contributed by atoms with van der Waals surface area (Å²) in [5, 5.41) is 10.1. The molecule has 0 unspecified atom stereocenters. The molecule has 0 radical (unpaired) electrons. The number of methoxy groups -OCH3 is 1. The molecule has 10 heteroatoms. The first kappa shape index (κ1) is 19.1. The van der Waals surface area contributed by atoms with Crippen LogP contribution in [0.2, 0.25) is 0 Å². The molecule has 4 rings (SSSR count). The van der Waals surface area contributed by atoms with Crippen LogP contribution in [0.3, 0.4) is 0 Å². The molecule has 2 aromatic heterocycles. The van der Waals surface area contributed by atoms with Crippen molar-refractivity contribution in [2.75, 3.05) is 33.3 Å². The molecule has 0 amide bonds. The smallest absolute Gasteiger partial charge is 0.257 e. The molecule has 0 saturated carbocycles. The molecule has 148 valence electrons. The predicted molar refractivity (Wildman–Crippen MR) is 105 cm³/mol. The molecular weight excluding hydrogens is 400 g/mol. The van der Waals surface area contributed by atoms with E-state index in [-0.39, 0.29) is 4.90 Å². The lowest BCUT2D eigenvalue weighted by atomic mass is 10.3. The number of sulfonamides is 1. The first-order chi connectivity index (χ1) is 13.6. The third kappa shape index (κ3) is 3.95. The van der Waals surface area contributed by atoms with Gasteiger partial charge in [-0.25, -0.2) is 8.42 Å². The number of ether oxygens (including phenoxy) is 1. The van der Waals surface area contributed by atoms with Gasteiger partial charge in [0, 0.05) is 26.2 Å². The van der Waals surface area contributed by atoms with E-state index in [1.165, 1.54) is 4.31 Å². The Morgan fingerprint density at radius 1 is 1.11 bits per heavy atom. The summed E-state index contributed by atoms with van der Waals surface area (Å²) < 4.78 is 37.9. The number of thiophene rings is 1. The van der Waals surface area contributed by atoms with Gasteiger partial charge < -0.3 is 9.15 Å². The van der Waals surface area contributed by atoms with Gasteiger partial charge in [0.2, 0.25) is 15.9 Å². The first-order valence-corrected chi connectivity index (χ1v) is 11.1. The summed E-state index contributed by atoms with van der Waals surface area (Å²) in [4.78, 5) is 3.33. The van der Waals surface area contributed by atoms with Crippen LogP contribution in [0.25, 0.3) is 10.8 Å². The van der Waals surface area contributed by atoms with Crippen molar-refractivity contribution in [1.82, 2.24) is 19.4 Å². The van der Waals surface area contributed by atoms with Gasteiger partial charge in [0.25, 0.3) is 5.89 Å². The van der Waals surface area contributed by atoms with Gasteiger partial charge in [-0.2, -0.15) is 4.31 Å². The topological polar surface area (TPSA) is 88.8 Å². The predicted octanol–water partition coefficient (Wildman–Crippen LogP) is 2.31. The lowest BCUT2D eigenvalue weighted by molar-refractivity contribution is 0.168. The Kier molecular flexibility index (Phi) is 5.44. The Balaban J connectivity index is 1.36. The van der Waals surface area contributed by atoms with Gasteiger partial charge in [0.15, 0.2) is 0 Å². The highest BCUT2D eigenvalue weighted by molar-refractivity contribution is 7.89. The zero-order valence-corrected chi connectivity index (χ0v) is 16.9. The van der Waals surface area contributed by atoms with Crippen LogP contribution in [-0.2, 0) is 16.6 Å². The van der Waals surface area contributed by atoms with Crippen LogP contribution in [0, 0.1) is 0 Å². The second-order valence-electron chi connectivity index (χ2n) is 6.33. The van der Waals surface area contributed by atoms with Crippen molar-refractivity contribution in [3.05, 3.63) is 47.7 Å². The lowest BCUT2D eigenvalue weighted by Gasteiger charge is -2.33. The van der Waals surface area contributed by atoms with Crippen LogP contribution in [-0.4, -0.2) is 61.1 Å². The molecule has 0 bridgehead atoms. The van der Waals surface area contributed by atoms with Gasteiger partial charge in [-0.15, -0.1) is 21.5 Å². The summed E-state index contributed by atoms with van der Waals surface area (Å²) in [5.74, 6) is 1.69. The Morgan fingerprint density at radius 3 is 2.50 bits per heavy atom. The van der Waals surface area contributed by atoms with Crippen LogP contribution in [0.5, 0.6) is 5.75 Å². The van der Waals surface area contributed by atoms with Crippen molar-refractivity contribution in [3.8, 4) is 16.5 Å². The molecule has 28 heavy (non-hydrogen) atoms. The van der Waals surface area contributed by atoms with E-state index in [9.17, 15) is 8.42 Å². The largest absolute Gasteiger partial charge is 0.497 e. The number of nitrogens with zero attached hydrogens (tertiary/aromatic N) is 4. The Bertz CT molecular complexity index is 1010. The van der Waals surface area contributed by atoms with E-state index in [1.54, 1.807) is 42.7 Å². The number of aromatic nitrogens is 2. The summed E-state index contributed by atoms with van der Waals surface area (Å²) in [6, 6.07) is 10.3. The summed E-state index contributed by atoms with van der Waals surface area (Å²) in [5.41, 5.74) is 0. The molecule has 1 aromatic carbocycles. The van der Waals surface area contributed by atoms with Crippen LogP contribution >= 0.6 is 11.3 Å². The maximum absolute atomic E-state index is 12.8. The van der Waals surface area contributed by atoms with Crippen molar-refractivity contribution in [2.24, 2.45) is 0 Å². The van der Waals surface area contributed by atoms with Crippen molar-refractivity contribution >= 4 is 21.4 Å². The van der Waals surface area contributed by atoms with E-state index in [1.807, 2.05) is 17.5 Å². The molecule has 1 aliphatic heterocycles. The fourth-order valence-electron chi connectivity index (χ4n) is 3.03. The minimum Gasteiger partial charge on any atom is -0.497 e. The summed E-state index contributed by atoms with van der Waals surface area (Å²) in [7, 11) is -1.96. The maximum atomic E-state index is 12.8. The normalized spacial score (nSPS) is 16.3. The van der Waals surface area contributed by atoms with Gasteiger partial charge in [0.05, 0.1) is 23.4 Å². The molecule has 1 fully saturated rings. The standard InChI is InChI=1S/C18H20N4O4S2/c1-25-14-4-6-15(7-5-14)28(23,24)22-10-8-21(9-11-22)13-17-19-20-18(26-17)16-3-2-12-27-16/h2-7,12H,8-11,13H2,1H3. The summed E-state index contributed by atoms with van der Waals surface area (Å²) >= 11 is 1.55. The maximum Gasteiger partial charge on any atom is 0.257 e. The number of piperazine rings is 1. The molecule has 8 nitrogen and oxygen atoms in total. The van der Waals surface area contributed by atoms with Gasteiger partial charge >= 0.3 is 0 Å². The van der Waals surface area contributed by atoms with Crippen LogP contribution < -0.4 is 4.74 Å². The second kappa shape index (κ2) is 8.00. The van der Waals surface area contributed by atoms with Crippen molar-refractivity contribution in [3.63, 3.8) is 0 Å². The molecule has 3 heterocycles. The molecular formula is C18H20N4O4S2. The monoisotopic (exact) mass is 420 g/mol. The van der Waals surface area contributed by atoms with Crippen molar-refractivity contribution < 1.29 is 17.6 Å². The van der Waals surface area contributed by atoms with Gasteiger partial charge in [-0.05, 0) is 35.7 Å². The van der Waals surface area contributed by atoms with Gasteiger partial charge in [-0.3, -0.25) is 4.90 Å². The summed E-state index contributed by atoms with van der Waals surface area (Å²) in [6.07, 6.45) is 0. The minimum absolute atomic E-state index is 0.277. The molecule has 0 aliphatic carbocycles. The highest BCUT2D eigenvalue weighted by Gasteiger charge is 2.29. The summed E-state index contributed by atoms with van der Waals surface area (Å²) in [6.45, 7) is 2.55. The zero-order chi connectivity index (χ0) is 19.6. The van der Waals surface area contributed by atoms with E-state index in [0.717, 1.165) is 4.88 Å². The lowest BCUT2D eigenvalue weighted by Crippen LogP contribution is -2.48. The third-order valence-corrected chi connectivity index (χ3v) is 7.36. The van der Waals surface area contributed by atoms with Crippen molar-refractivity contribution in [1.29, 1.82) is 0 Å². The number of benzene rings is 1. The minimum atomic E-state index is -3.51. The van der Waals surface area contributed by atoms with Crippen LogP contribution in [0.1, 0.15) is 5.89 Å². The average molecular weight is 421 g/mol. The highest BCUT2D eigenvalue weighted by Crippen LogP contribution is 2.24. The molecule has 1 aliphatic rings. The van der Waals surface area contributed by atoms with Crippen LogP contribution in [0.15, 0.2) is 51.1 Å². The third-order valence-electron chi connectivity index (χ3n) is 4.59. The Labute approximate surface area is 167 Å². The molecule has 0 atom stereocenters. The Morgan fingerprint density at radius 2 is 1.86 bits per heavy atom. The fraction of sp³-hybridized carbons (Fsp3) is 0.333. The van der Waals surface area contributed by atoms with E-state index in [4.69, 9.17) is 9.15 Å². The second-order valence-corrected chi connectivity index (χ2v) is 9.22. The van der Waals surface area contributed by atoms with E-state index in [2.05, 4.69) is 15.1 Å². The Hall–Kier alpha value is -2.27. The average Bonchev–Trinajstić information content (AvgIpc) is 3.40. The highest BCUT2D eigenvalue weighted by atomic mass is 32.2. The number of rotatable bonds is 6. The van der Waals surface area contributed by atoms with Crippen LogP contribution in [0.4, 0.5) is 0 Å². The molecule has 1 saturated heterocycles. The van der Waals surface area contributed by atoms with E-state index >= 15 is 0 Å². The first-order valence-electron chi connectivity index (χ1n) is 8.79. The quantitative estimate of drug-likeness (QED) is 0.605. The number of hydrogen-bond donors (Lipinski definition) is 0.